The van der Waals surface area contributed by atoms with E-state index < -0.39 is 23.3 Å². The molecular weight excluding hydrogens is 326 g/mol. The zero-order chi connectivity index (χ0) is 14.0. The van der Waals surface area contributed by atoms with E-state index in [9.17, 15) is 17.6 Å². The van der Waals surface area contributed by atoms with Crippen LogP contribution in [-0.2, 0) is 6.54 Å². The number of benzene rings is 2. The Balaban J connectivity index is 2.14. The Bertz CT molecular complexity index is 593. The summed E-state index contributed by atoms with van der Waals surface area (Å²) in [6.07, 6.45) is 0. The maximum absolute atomic E-state index is 13.5. The molecule has 0 aliphatic carbocycles. The van der Waals surface area contributed by atoms with Crippen molar-refractivity contribution < 1.29 is 17.6 Å². The van der Waals surface area contributed by atoms with Gasteiger partial charge < -0.3 is 5.32 Å². The van der Waals surface area contributed by atoms with Crippen molar-refractivity contribution in [2.45, 2.75) is 6.54 Å². The molecule has 2 aromatic carbocycles. The largest absolute Gasteiger partial charge is 0.379 e. The van der Waals surface area contributed by atoms with E-state index in [4.69, 9.17) is 0 Å². The molecule has 0 bridgehead atoms. The number of halogens is 5. The lowest BCUT2D eigenvalue weighted by molar-refractivity contribution is 0.445. The molecule has 19 heavy (non-hydrogen) atoms. The van der Waals surface area contributed by atoms with Gasteiger partial charge in [0.2, 0.25) is 0 Å². The predicted molar refractivity (Wildman–Crippen MR) is 67.7 cm³/mol. The average Bonchev–Trinajstić information content (AvgIpc) is 2.34. The maximum Gasteiger partial charge on any atom is 0.194 e. The molecule has 0 aliphatic heterocycles. The van der Waals surface area contributed by atoms with Gasteiger partial charge in [-0.1, -0.05) is 15.9 Å². The van der Waals surface area contributed by atoms with Crippen LogP contribution in [0.15, 0.2) is 34.8 Å². The lowest BCUT2D eigenvalue weighted by Gasteiger charge is -2.08. The van der Waals surface area contributed by atoms with E-state index in [1.54, 1.807) is 6.07 Å². The highest BCUT2D eigenvalue weighted by molar-refractivity contribution is 9.10. The highest BCUT2D eigenvalue weighted by atomic mass is 79.9. The van der Waals surface area contributed by atoms with Crippen molar-refractivity contribution in [1.82, 2.24) is 0 Å². The highest BCUT2D eigenvalue weighted by Gasteiger charge is 2.10. The molecule has 0 radical (unpaired) electrons. The first kappa shape index (κ1) is 13.9. The average molecular weight is 334 g/mol. The molecule has 2 rings (SSSR count). The van der Waals surface area contributed by atoms with Crippen molar-refractivity contribution in [3.63, 3.8) is 0 Å². The summed E-state index contributed by atoms with van der Waals surface area (Å²) in [7, 11) is 0. The van der Waals surface area contributed by atoms with Crippen LogP contribution in [0.2, 0.25) is 0 Å². The fourth-order valence-electron chi connectivity index (χ4n) is 1.54. The summed E-state index contributed by atoms with van der Waals surface area (Å²) in [6, 6.07) is 6.09. The van der Waals surface area contributed by atoms with Crippen molar-refractivity contribution >= 4 is 21.6 Å². The molecule has 0 saturated carbocycles. The van der Waals surface area contributed by atoms with E-state index in [2.05, 4.69) is 21.2 Å². The number of hydrogen-bond donors (Lipinski definition) is 1. The van der Waals surface area contributed by atoms with E-state index in [1.165, 1.54) is 12.1 Å². The smallest absolute Gasteiger partial charge is 0.194 e. The molecule has 1 N–H and O–H groups in total. The second kappa shape index (κ2) is 5.61. The first-order valence-corrected chi connectivity index (χ1v) is 6.09. The number of hydrogen-bond acceptors (Lipinski definition) is 1. The third-order valence-corrected chi connectivity index (χ3v) is 2.95. The van der Waals surface area contributed by atoms with Crippen LogP contribution in [0.25, 0.3) is 0 Å². The summed E-state index contributed by atoms with van der Waals surface area (Å²) in [5, 5.41) is 2.68. The van der Waals surface area contributed by atoms with E-state index in [0.29, 0.717) is 4.47 Å². The van der Waals surface area contributed by atoms with Crippen LogP contribution in [-0.4, -0.2) is 0 Å². The van der Waals surface area contributed by atoms with Crippen molar-refractivity contribution in [2.24, 2.45) is 0 Å². The summed E-state index contributed by atoms with van der Waals surface area (Å²) in [5.74, 6) is -4.56. The van der Waals surface area contributed by atoms with Gasteiger partial charge in [0.1, 0.15) is 5.82 Å². The van der Waals surface area contributed by atoms with Crippen molar-refractivity contribution in [3.8, 4) is 0 Å². The van der Waals surface area contributed by atoms with Crippen molar-refractivity contribution in [3.05, 3.63) is 63.6 Å². The number of rotatable bonds is 3. The Kier molecular flexibility index (Phi) is 4.09. The van der Waals surface area contributed by atoms with Crippen LogP contribution < -0.4 is 5.32 Å². The molecule has 6 heteroatoms. The molecule has 0 saturated heterocycles. The fourth-order valence-corrected chi connectivity index (χ4v) is 1.87. The fraction of sp³-hybridized carbons (Fsp3) is 0.0769. The molecule has 0 aromatic heterocycles. The van der Waals surface area contributed by atoms with Crippen molar-refractivity contribution in [1.29, 1.82) is 0 Å². The first-order chi connectivity index (χ1) is 8.97. The van der Waals surface area contributed by atoms with Gasteiger partial charge in [0.25, 0.3) is 0 Å². The molecule has 0 atom stereocenters. The quantitative estimate of drug-likeness (QED) is 0.638. The SMILES string of the molecule is Fc1cc(Br)ccc1NCc1cc(F)c(F)c(F)c1. The van der Waals surface area contributed by atoms with Crippen molar-refractivity contribution in [2.75, 3.05) is 5.32 Å². The lowest BCUT2D eigenvalue weighted by atomic mass is 10.2. The molecule has 0 spiro atoms. The molecule has 0 amide bonds. The van der Waals surface area contributed by atoms with Crippen LogP contribution in [0.4, 0.5) is 23.2 Å². The molecule has 2 aromatic rings. The monoisotopic (exact) mass is 333 g/mol. The Labute approximate surface area is 115 Å². The van der Waals surface area contributed by atoms with E-state index in [1.807, 2.05) is 0 Å². The Morgan fingerprint density at radius 2 is 1.53 bits per heavy atom. The normalized spacial score (nSPS) is 10.6. The summed E-state index contributed by atoms with van der Waals surface area (Å²) < 4.78 is 52.8. The molecular formula is C13H8BrF4N. The summed E-state index contributed by atoms with van der Waals surface area (Å²) in [6.45, 7) is -0.0212. The van der Waals surface area contributed by atoms with Gasteiger partial charge in [0.15, 0.2) is 17.5 Å². The number of nitrogens with one attached hydrogen (secondary N) is 1. The zero-order valence-electron chi connectivity index (χ0n) is 9.48. The molecule has 0 fully saturated rings. The second-order valence-corrected chi connectivity index (χ2v) is 4.77. The van der Waals surface area contributed by atoms with Gasteiger partial charge in [-0.05, 0) is 35.9 Å². The predicted octanol–water partition coefficient (Wildman–Crippen LogP) is 4.62. The maximum atomic E-state index is 13.5. The third-order valence-electron chi connectivity index (χ3n) is 2.46. The van der Waals surface area contributed by atoms with Crippen LogP contribution in [0.5, 0.6) is 0 Å². The van der Waals surface area contributed by atoms with Crippen LogP contribution in [0, 0.1) is 23.3 Å². The van der Waals surface area contributed by atoms with Gasteiger partial charge in [0, 0.05) is 11.0 Å². The van der Waals surface area contributed by atoms with E-state index in [-0.39, 0.29) is 17.8 Å². The topological polar surface area (TPSA) is 12.0 Å². The summed E-state index contributed by atoms with van der Waals surface area (Å²) >= 11 is 3.11. The van der Waals surface area contributed by atoms with Gasteiger partial charge in [-0.3, -0.25) is 0 Å². The van der Waals surface area contributed by atoms with Gasteiger partial charge in [-0.15, -0.1) is 0 Å². The van der Waals surface area contributed by atoms with Gasteiger partial charge >= 0.3 is 0 Å². The van der Waals surface area contributed by atoms with E-state index >= 15 is 0 Å². The Morgan fingerprint density at radius 3 is 2.11 bits per heavy atom. The highest BCUT2D eigenvalue weighted by Crippen LogP contribution is 2.20. The summed E-state index contributed by atoms with van der Waals surface area (Å²) in [4.78, 5) is 0. The minimum Gasteiger partial charge on any atom is -0.379 e. The van der Waals surface area contributed by atoms with Gasteiger partial charge in [-0.25, -0.2) is 17.6 Å². The molecule has 100 valence electrons. The second-order valence-electron chi connectivity index (χ2n) is 3.85. The molecule has 1 nitrogen and oxygen atoms in total. The summed E-state index contributed by atoms with van der Waals surface area (Å²) in [5.41, 5.74) is 0.368. The Morgan fingerprint density at radius 1 is 0.895 bits per heavy atom. The minimum atomic E-state index is -1.52. The van der Waals surface area contributed by atoms with Gasteiger partial charge in [-0.2, -0.15) is 0 Å². The lowest BCUT2D eigenvalue weighted by Crippen LogP contribution is -2.03. The van der Waals surface area contributed by atoms with Crippen LogP contribution in [0.1, 0.15) is 5.56 Å². The first-order valence-electron chi connectivity index (χ1n) is 5.29. The molecule has 0 aliphatic rings. The number of anilines is 1. The van der Waals surface area contributed by atoms with Crippen LogP contribution in [0.3, 0.4) is 0 Å². The zero-order valence-corrected chi connectivity index (χ0v) is 11.1. The van der Waals surface area contributed by atoms with Gasteiger partial charge in [0.05, 0.1) is 5.69 Å². The minimum absolute atomic E-state index is 0.0212. The van der Waals surface area contributed by atoms with Crippen LogP contribution >= 0.6 is 15.9 Å². The standard InChI is InChI=1S/C13H8BrF4N/c14-8-1-2-12(9(15)5-8)19-6-7-3-10(16)13(18)11(17)4-7/h1-5,19H,6H2. The molecule has 0 heterocycles. The van der Waals surface area contributed by atoms with E-state index in [0.717, 1.165) is 12.1 Å². The Hall–Kier alpha value is -1.56. The third kappa shape index (κ3) is 3.26. The molecule has 0 unspecified atom stereocenters.